The fraction of sp³-hybridized carbons (Fsp3) is 0.774. The summed E-state index contributed by atoms with van der Waals surface area (Å²) in [5.41, 5.74) is 0. The Morgan fingerprint density at radius 3 is 1.40 bits per heavy atom. The Morgan fingerprint density at radius 2 is 0.881 bits per heavy atom. The van der Waals surface area contributed by atoms with Crippen LogP contribution < -0.4 is 0 Å². The van der Waals surface area contributed by atoms with E-state index in [-0.39, 0.29) is 12.8 Å². The number of aliphatic hydroxyl groups is 5. The molecule has 0 aromatic heterocycles. The number of hydrogen-bond donors (Lipinski definition) is 6. The van der Waals surface area contributed by atoms with Gasteiger partial charge in [-0.15, -0.1) is 0 Å². The highest BCUT2D eigenvalue weighted by molar-refractivity contribution is 7.47. The van der Waals surface area contributed by atoms with E-state index in [2.05, 4.69) is 68.5 Å². The Kier molecular flexibility index (Phi) is 39.6. The monoisotopic (exact) mass is 969 g/mol. The second kappa shape index (κ2) is 42.4. The van der Waals surface area contributed by atoms with Crippen LogP contribution in [0.15, 0.2) is 60.8 Å². The maximum atomic E-state index is 12.8. The van der Waals surface area contributed by atoms with Crippen molar-refractivity contribution in [2.24, 2.45) is 0 Å². The van der Waals surface area contributed by atoms with Gasteiger partial charge in [0, 0.05) is 12.8 Å². The van der Waals surface area contributed by atoms with E-state index in [4.69, 9.17) is 18.5 Å². The first-order valence-electron chi connectivity index (χ1n) is 26.1. The third-order valence-corrected chi connectivity index (χ3v) is 12.8. The van der Waals surface area contributed by atoms with E-state index < -0.39 is 75.7 Å². The van der Waals surface area contributed by atoms with Crippen LogP contribution in [-0.4, -0.2) is 98.3 Å². The van der Waals surface area contributed by atoms with Crippen molar-refractivity contribution in [1.29, 1.82) is 0 Å². The largest absolute Gasteiger partial charge is 0.472 e. The maximum absolute atomic E-state index is 12.8. The molecule has 0 radical (unpaired) electrons. The standard InChI is InChI=1S/C53H93O13P/c1-3-5-7-9-11-13-15-17-19-20-21-22-23-24-25-26-28-30-32-34-36-38-40-42-47(55)65-45(44-64-67(61,62)66-53-51(59)49(57)48(56)50(58)52(53)60)43-63-46(54)41-39-37-35-33-31-29-27-18-16-14-12-10-8-6-4-2/h6,8,12,14,18,26-28,34,36,45,48-53,56-60H,3-5,7,9-11,13,15-17,19-25,29-33,35,37-44H2,1-2H3,(H,61,62)/b8-6+,14-12+,27-18+,28-26+,36-34+/t45-,48?,49-,50?,51?,52?,53?/m1/s1. The Balaban J connectivity index is 2.41. The van der Waals surface area contributed by atoms with Crippen LogP contribution in [0.1, 0.15) is 206 Å². The van der Waals surface area contributed by atoms with Crippen LogP contribution in [0, 0.1) is 0 Å². The van der Waals surface area contributed by atoms with E-state index in [0.29, 0.717) is 19.3 Å². The molecule has 0 spiro atoms. The number of hydrogen-bond acceptors (Lipinski definition) is 12. The van der Waals surface area contributed by atoms with E-state index in [1.54, 1.807) is 0 Å². The zero-order valence-electron chi connectivity index (χ0n) is 41.4. The lowest BCUT2D eigenvalue weighted by Gasteiger charge is -2.41. The molecule has 8 atom stereocenters. The van der Waals surface area contributed by atoms with E-state index in [0.717, 1.165) is 70.6 Å². The van der Waals surface area contributed by atoms with E-state index in [1.165, 1.54) is 89.9 Å². The molecule has 1 aliphatic carbocycles. The fourth-order valence-electron chi connectivity index (χ4n) is 7.68. The number of ether oxygens (including phenoxy) is 2. The minimum atomic E-state index is -5.14. The number of aliphatic hydroxyl groups excluding tert-OH is 5. The van der Waals surface area contributed by atoms with Gasteiger partial charge in [0.1, 0.15) is 43.2 Å². The van der Waals surface area contributed by atoms with Crippen molar-refractivity contribution in [3.63, 3.8) is 0 Å². The lowest BCUT2D eigenvalue weighted by atomic mass is 9.85. The molecule has 1 aliphatic rings. The molecule has 1 rings (SSSR count). The maximum Gasteiger partial charge on any atom is 0.472 e. The average Bonchev–Trinajstić information content (AvgIpc) is 3.31. The summed E-state index contributed by atoms with van der Waals surface area (Å²) in [4.78, 5) is 35.8. The van der Waals surface area contributed by atoms with Gasteiger partial charge in [0.2, 0.25) is 0 Å². The van der Waals surface area contributed by atoms with Gasteiger partial charge in [0.15, 0.2) is 6.10 Å². The number of allylic oxidation sites excluding steroid dienone is 10. The van der Waals surface area contributed by atoms with E-state index in [1.807, 2.05) is 6.08 Å². The van der Waals surface area contributed by atoms with Gasteiger partial charge >= 0.3 is 19.8 Å². The van der Waals surface area contributed by atoms with Crippen molar-refractivity contribution in [2.45, 2.75) is 249 Å². The molecular weight excluding hydrogens is 876 g/mol. The lowest BCUT2D eigenvalue weighted by Crippen LogP contribution is -2.64. The van der Waals surface area contributed by atoms with Gasteiger partial charge in [-0.2, -0.15) is 0 Å². The molecule has 67 heavy (non-hydrogen) atoms. The summed E-state index contributed by atoms with van der Waals surface area (Å²) in [5.74, 6) is -1.17. The second-order valence-corrected chi connectivity index (χ2v) is 19.4. The smallest absolute Gasteiger partial charge is 0.462 e. The summed E-state index contributed by atoms with van der Waals surface area (Å²) in [7, 11) is -5.14. The first kappa shape index (κ1) is 62.6. The summed E-state index contributed by atoms with van der Waals surface area (Å²) in [5, 5.41) is 50.3. The number of carbonyl (C=O) groups excluding carboxylic acids is 2. The third kappa shape index (κ3) is 34.5. The van der Waals surface area contributed by atoms with Gasteiger partial charge in [0.25, 0.3) is 0 Å². The molecule has 14 heteroatoms. The van der Waals surface area contributed by atoms with Crippen LogP contribution in [-0.2, 0) is 32.7 Å². The molecule has 6 unspecified atom stereocenters. The number of esters is 2. The molecule has 0 aromatic rings. The number of phosphoric ester groups is 1. The van der Waals surface area contributed by atoms with Crippen LogP contribution in [0.25, 0.3) is 0 Å². The molecule has 13 nitrogen and oxygen atoms in total. The summed E-state index contributed by atoms with van der Waals surface area (Å²) < 4.78 is 33.6. The van der Waals surface area contributed by atoms with Crippen LogP contribution in [0.3, 0.4) is 0 Å². The van der Waals surface area contributed by atoms with Crippen LogP contribution >= 0.6 is 7.82 Å². The molecule has 0 heterocycles. The van der Waals surface area contributed by atoms with Gasteiger partial charge in [0.05, 0.1) is 6.61 Å². The zero-order chi connectivity index (χ0) is 49.2. The zero-order valence-corrected chi connectivity index (χ0v) is 42.3. The van der Waals surface area contributed by atoms with Crippen LogP contribution in [0.4, 0.5) is 0 Å². The molecule has 0 bridgehead atoms. The number of unbranched alkanes of at least 4 members (excludes halogenated alkanes) is 21. The predicted octanol–water partition coefficient (Wildman–Crippen LogP) is 11.3. The van der Waals surface area contributed by atoms with Crippen molar-refractivity contribution in [2.75, 3.05) is 13.2 Å². The SMILES string of the molecule is CC/C=C/C/C=C/C/C=C/CCCCCCCC(=O)OC[C@H](COP(=O)(O)OC1C(O)C(O)C(O)[C@@H](O)C1O)OC(=O)CCC/C=C/CC/C=C/CCCCCCCCCCCCCCCC. The van der Waals surface area contributed by atoms with Crippen molar-refractivity contribution in [3.8, 4) is 0 Å². The number of phosphoric acid groups is 1. The van der Waals surface area contributed by atoms with Gasteiger partial charge in [-0.05, 0) is 77.0 Å². The Hall–Kier alpha value is -2.45. The molecule has 0 saturated heterocycles. The molecule has 0 aliphatic heterocycles. The minimum Gasteiger partial charge on any atom is -0.462 e. The van der Waals surface area contributed by atoms with Crippen LogP contribution in [0.2, 0.25) is 0 Å². The van der Waals surface area contributed by atoms with Crippen LogP contribution in [0.5, 0.6) is 0 Å². The first-order chi connectivity index (χ1) is 32.4. The van der Waals surface area contributed by atoms with Crippen molar-refractivity contribution < 1.29 is 63.1 Å². The fourth-order valence-corrected chi connectivity index (χ4v) is 8.65. The van der Waals surface area contributed by atoms with Crippen molar-refractivity contribution in [3.05, 3.63) is 60.8 Å². The Labute approximate surface area is 404 Å². The molecule has 0 amide bonds. The van der Waals surface area contributed by atoms with Gasteiger partial charge in [-0.1, -0.05) is 177 Å². The Bertz CT molecular complexity index is 1400. The molecule has 6 N–H and O–H groups in total. The third-order valence-electron chi connectivity index (χ3n) is 11.8. The highest BCUT2D eigenvalue weighted by Crippen LogP contribution is 2.47. The molecule has 1 fully saturated rings. The van der Waals surface area contributed by atoms with Crippen molar-refractivity contribution >= 4 is 19.8 Å². The van der Waals surface area contributed by atoms with Gasteiger partial charge < -0.3 is 39.9 Å². The average molecular weight is 969 g/mol. The molecule has 0 aromatic carbocycles. The highest BCUT2D eigenvalue weighted by atomic mass is 31.2. The summed E-state index contributed by atoms with van der Waals surface area (Å²) in [6.07, 6.45) is 40.0. The molecular formula is C53H93O13P. The second-order valence-electron chi connectivity index (χ2n) is 18.0. The topological polar surface area (TPSA) is 210 Å². The first-order valence-corrected chi connectivity index (χ1v) is 27.6. The predicted molar refractivity (Wildman–Crippen MR) is 267 cm³/mol. The normalized spacial score (nSPS) is 21.6. The molecule has 1 saturated carbocycles. The summed E-state index contributed by atoms with van der Waals surface area (Å²) >= 11 is 0. The van der Waals surface area contributed by atoms with Gasteiger partial charge in [-0.3, -0.25) is 18.6 Å². The van der Waals surface area contributed by atoms with E-state index in [9.17, 15) is 44.6 Å². The van der Waals surface area contributed by atoms with Gasteiger partial charge in [-0.25, -0.2) is 4.57 Å². The quantitative estimate of drug-likeness (QED) is 0.0146. The van der Waals surface area contributed by atoms with E-state index >= 15 is 0 Å². The lowest BCUT2D eigenvalue weighted by molar-refractivity contribution is -0.220. The van der Waals surface area contributed by atoms with Crippen molar-refractivity contribution in [1.82, 2.24) is 0 Å². The number of carbonyl (C=O) groups is 2. The summed E-state index contributed by atoms with van der Waals surface area (Å²) in [6, 6.07) is 0. The summed E-state index contributed by atoms with van der Waals surface area (Å²) in [6.45, 7) is 3.16. The minimum absolute atomic E-state index is 0.0313. The highest BCUT2D eigenvalue weighted by Gasteiger charge is 2.51. The molecule has 388 valence electrons. The Morgan fingerprint density at radius 1 is 0.478 bits per heavy atom. The number of rotatable bonds is 43.